The highest BCUT2D eigenvalue weighted by Crippen LogP contribution is 2.36. The number of ether oxygens (including phenoxy) is 1. The van der Waals surface area contributed by atoms with Crippen LogP contribution in [0.3, 0.4) is 0 Å². The van der Waals surface area contributed by atoms with Crippen molar-refractivity contribution in [3.05, 3.63) is 29.8 Å². The quantitative estimate of drug-likeness (QED) is 0.838. The number of amides is 1. The molecule has 0 N–H and O–H groups in total. The van der Waals surface area contributed by atoms with Gasteiger partial charge in [-0.15, -0.1) is 0 Å². The summed E-state index contributed by atoms with van der Waals surface area (Å²) in [6.07, 6.45) is 4.62. The molecule has 1 spiro atoms. The Morgan fingerprint density at radius 1 is 1.29 bits per heavy atom. The number of anilines is 1. The fourth-order valence-electron chi connectivity index (χ4n) is 3.44. The van der Waals surface area contributed by atoms with E-state index in [0.717, 1.165) is 30.6 Å². The van der Waals surface area contributed by atoms with Gasteiger partial charge in [-0.05, 0) is 31.0 Å². The van der Waals surface area contributed by atoms with Gasteiger partial charge in [-0.3, -0.25) is 4.79 Å². The van der Waals surface area contributed by atoms with E-state index in [9.17, 15) is 4.79 Å². The fraction of sp³-hybridized carbons (Fsp3) is 0.588. The molecule has 0 aromatic heterocycles. The first kappa shape index (κ1) is 14.4. The van der Waals surface area contributed by atoms with Crippen LogP contribution >= 0.6 is 0 Å². The van der Waals surface area contributed by atoms with Crippen LogP contribution in [0.2, 0.25) is 0 Å². The van der Waals surface area contributed by atoms with E-state index in [1.165, 1.54) is 12.8 Å². The molecule has 114 valence electrons. The third kappa shape index (κ3) is 2.91. The number of benzene rings is 1. The Balaban J connectivity index is 1.76. The van der Waals surface area contributed by atoms with Crippen molar-refractivity contribution in [1.29, 1.82) is 0 Å². The summed E-state index contributed by atoms with van der Waals surface area (Å²) in [6, 6.07) is 7.86. The maximum Gasteiger partial charge on any atom is 0.254 e. The molecule has 1 heterocycles. The van der Waals surface area contributed by atoms with Crippen molar-refractivity contribution in [3.63, 3.8) is 0 Å². The Bertz CT molecular complexity index is 521. The van der Waals surface area contributed by atoms with Crippen LogP contribution in [-0.2, 0) is 4.74 Å². The predicted molar refractivity (Wildman–Crippen MR) is 83.8 cm³/mol. The van der Waals surface area contributed by atoms with Crippen molar-refractivity contribution in [1.82, 2.24) is 4.90 Å². The second-order valence-electron chi connectivity index (χ2n) is 6.41. The number of morpholine rings is 1. The van der Waals surface area contributed by atoms with E-state index in [2.05, 4.69) is 0 Å². The Hall–Kier alpha value is -1.55. The number of carbonyl (C=O) groups excluding carboxylic acids is 1. The molecule has 1 saturated carbocycles. The highest BCUT2D eigenvalue weighted by atomic mass is 16.5. The minimum absolute atomic E-state index is 0.0624. The van der Waals surface area contributed by atoms with Gasteiger partial charge in [-0.2, -0.15) is 0 Å². The molecule has 4 nitrogen and oxygen atoms in total. The highest BCUT2D eigenvalue weighted by Gasteiger charge is 2.40. The Morgan fingerprint density at radius 3 is 2.76 bits per heavy atom. The van der Waals surface area contributed by atoms with Gasteiger partial charge in [0.1, 0.15) is 0 Å². The van der Waals surface area contributed by atoms with Crippen LogP contribution in [-0.4, -0.2) is 50.2 Å². The summed E-state index contributed by atoms with van der Waals surface area (Å²) >= 11 is 0. The molecule has 0 radical (unpaired) electrons. The molecule has 1 aliphatic carbocycles. The van der Waals surface area contributed by atoms with Crippen LogP contribution in [0.25, 0.3) is 0 Å². The molecule has 0 unspecified atom stereocenters. The average Bonchev–Trinajstić information content (AvgIpc) is 2.94. The minimum Gasteiger partial charge on any atom is -0.378 e. The molecule has 3 rings (SSSR count). The topological polar surface area (TPSA) is 32.8 Å². The smallest absolute Gasteiger partial charge is 0.254 e. The summed E-state index contributed by atoms with van der Waals surface area (Å²) in [6.45, 7) is 2.11. The first-order valence-electron chi connectivity index (χ1n) is 7.80. The number of carbonyl (C=O) groups is 1. The third-order valence-electron chi connectivity index (χ3n) is 4.66. The molecule has 21 heavy (non-hydrogen) atoms. The first-order valence-corrected chi connectivity index (χ1v) is 7.80. The van der Waals surface area contributed by atoms with E-state index in [0.29, 0.717) is 13.2 Å². The fourth-order valence-corrected chi connectivity index (χ4v) is 3.44. The van der Waals surface area contributed by atoms with Crippen molar-refractivity contribution in [2.24, 2.45) is 0 Å². The lowest BCUT2D eigenvalue weighted by Gasteiger charge is -2.40. The Morgan fingerprint density at radius 2 is 2.05 bits per heavy atom. The monoisotopic (exact) mass is 288 g/mol. The number of nitrogens with zero attached hydrogens (tertiary/aromatic N) is 2. The molecule has 1 aromatic carbocycles. The van der Waals surface area contributed by atoms with E-state index in [1.54, 1.807) is 0 Å². The van der Waals surface area contributed by atoms with Gasteiger partial charge in [0.05, 0.1) is 18.8 Å². The van der Waals surface area contributed by atoms with E-state index >= 15 is 0 Å². The molecule has 1 aliphatic heterocycles. The molecule has 4 heteroatoms. The molecule has 1 amide bonds. The molecule has 2 fully saturated rings. The summed E-state index contributed by atoms with van der Waals surface area (Å²) in [4.78, 5) is 16.8. The molecule has 1 aromatic rings. The molecular weight excluding hydrogens is 264 g/mol. The lowest BCUT2D eigenvalue weighted by atomic mass is 9.99. The molecule has 0 atom stereocenters. The van der Waals surface area contributed by atoms with E-state index in [1.807, 2.05) is 48.2 Å². The largest absolute Gasteiger partial charge is 0.378 e. The second-order valence-corrected chi connectivity index (χ2v) is 6.41. The van der Waals surface area contributed by atoms with Gasteiger partial charge in [0.25, 0.3) is 5.91 Å². The van der Waals surface area contributed by atoms with Gasteiger partial charge in [-0.1, -0.05) is 18.9 Å². The van der Waals surface area contributed by atoms with Crippen molar-refractivity contribution in [2.45, 2.75) is 31.3 Å². The van der Waals surface area contributed by atoms with Crippen LogP contribution in [0.4, 0.5) is 5.69 Å². The van der Waals surface area contributed by atoms with Crippen LogP contribution in [0, 0.1) is 0 Å². The van der Waals surface area contributed by atoms with Crippen LogP contribution < -0.4 is 4.90 Å². The zero-order valence-electron chi connectivity index (χ0n) is 13.0. The third-order valence-corrected chi connectivity index (χ3v) is 4.66. The Labute approximate surface area is 126 Å². The number of rotatable bonds is 2. The minimum atomic E-state index is -0.0624. The van der Waals surface area contributed by atoms with E-state index in [-0.39, 0.29) is 11.5 Å². The van der Waals surface area contributed by atoms with Crippen molar-refractivity contribution in [2.75, 3.05) is 38.7 Å². The highest BCUT2D eigenvalue weighted by molar-refractivity contribution is 5.95. The summed E-state index contributed by atoms with van der Waals surface area (Å²) in [5.74, 6) is 0.133. The predicted octanol–water partition coefficient (Wildman–Crippen LogP) is 2.54. The number of hydrogen-bond donors (Lipinski definition) is 0. The summed E-state index contributed by atoms with van der Waals surface area (Å²) in [5.41, 5.74) is 1.77. The maximum absolute atomic E-state index is 12.8. The molecule has 1 saturated heterocycles. The van der Waals surface area contributed by atoms with Crippen molar-refractivity contribution in [3.8, 4) is 0 Å². The standard InChI is InChI=1S/C17H24N2O2/c1-18(2)15-7-5-6-14(12-15)16(20)19-10-11-21-17(13-19)8-3-4-9-17/h5-7,12H,3-4,8-11,13H2,1-2H3. The van der Waals surface area contributed by atoms with Crippen molar-refractivity contribution >= 4 is 11.6 Å². The van der Waals surface area contributed by atoms with E-state index in [4.69, 9.17) is 4.74 Å². The normalized spacial score (nSPS) is 20.8. The SMILES string of the molecule is CN(C)c1cccc(C(=O)N2CCOC3(CCCC3)C2)c1. The first-order chi connectivity index (χ1) is 10.1. The second kappa shape index (κ2) is 5.68. The van der Waals surface area contributed by atoms with Crippen LogP contribution in [0.1, 0.15) is 36.0 Å². The van der Waals surface area contributed by atoms with Crippen LogP contribution in [0.15, 0.2) is 24.3 Å². The number of hydrogen-bond acceptors (Lipinski definition) is 3. The Kier molecular flexibility index (Phi) is 3.89. The van der Waals surface area contributed by atoms with E-state index < -0.39 is 0 Å². The van der Waals surface area contributed by atoms with Crippen molar-refractivity contribution < 1.29 is 9.53 Å². The van der Waals surface area contributed by atoms with Gasteiger partial charge < -0.3 is 14.5 Å². The van der Waals surface area contributed by atoms with Gasteiger partial charge in [0.2, 0.25) is 0 Å². The average molecular weight is 288 g/mol. The van der Waals surface area contributed by atoms with Gasteiger partial charge >= 0.3 is 0 Å². The van der Waals surface area contributed by atoms with Crippen LogP contribution in [0.5, 0.6) is 0 Å². The zero-order chi connectivity index (χ0) is 14.9. The lowest BCUT2D eigenvalue weighted by Crippen LogP contribution is -2.52. The summed E-state index contributed by atoms with van der Waals surface area (Å²) in [5, 5.41) is 0. The lowest BCUT2D eigenvalue weighted by molar-refractivity contribution is -0.0948. The summed E-state index contributed by atoms with van der Waals surface area (Å²) < 4.78 is 6.00. The molecule has 0 bridgehead atoms. The van der Waals surface area contributed by atoms with Gasteiger partial charge in [0.15, 0.2) is 0 Å². The van der Waals surface area contributed by atoms with Gasteiger partial charge in [0, 0.05) is 31.9 Å². The summed E-state index contributed by atoms with van der Waals surface area (Å²) in [7, 11) is 3.98. The molecular formula is C17H24N2O2. The zero-order valence-corrected chi connectivity index (χ0v) is 13.0. The maximum atomic E-state index is 12.8. The molecule has 2 aliphatic rings. The van der Waals surface area contributed by atoms with Gasteiger partial charge in [-0.25, -0.2) is 0 Å².